The first kappa shape index (κ1) is 14.0. The van der Waals surface area contributed by atoms with Crippen molar-refractivity contribution in [3.8, 4) is 0 Å². The van der Waals surface area contributed by atoms with Gasteiger partial charge < -0.3 is 9.94 Å². The first-order valence-electron chi connectivity index (χ1n) is 6.22. The molecule has 1 atom stereocenters. The molecule has 0 aromatic heterocycles. The van der Waals surface area contributed by atoms with Crippen LogP contribution in [0.1, 0.15) is 24.2 Å². The number of hydrogen-bond acceptors (Lipinski definition) is 4. The average Bonchev–Trinajstić information content (AvgIpc) is 2.49. The molecule has 0 saturated carbocycles. The fraction of sp³-hybridized carbons (Fsp3) is 0.125. The predicted octanol–water partition coefficient (Wildman–Crippen LogP) is 2.69. The molecule has 2 aromatic carbocycles. The third kappa shape index (κ3) is 3.52. The van der Waals surface area contributed by atoms with Crippen LogP contribution in [0.2, 0.25) is 0 Å². The first-order chi connectivity index (χ1) is 9.68. The Bertz CT molecular complexity index is 594. The molecule has 0 saturated heterocycles. The lowest BCUT2D eigenvalue weighted by atomic mass is 9.99. The average molecular weight is 269 g/mol. The van der Waals surface area contributed by atoms with Crippen molar-refractivity contribution in [3.63, 3.8) is 0 Å². The van der Waals surface area contributed by atoms with E-state index in [0.717, 1.165) is 0 Å². The Balaban J connectivity index is 2.37. The van der Waals surface area contributed by atoms with Gasteiger partial charge in [-0.1, -0.05) is 65.8 Å². The van der Waals surface area contributed by atoms with Gasteiger partial charge in [-0.05, 0) is 5.56 Å². The van der Waals surface area contributed by atoms with Crippen molar-refractivity contribution in [2.75, 3.05) is 0 Å². The molecule has 0 amide bonds. The van der Waals surface area contributed by atoms with Gasteiger partial charge in [0.25, 0.3) is 0 Å². The summed E-state index contributed by atoms with van der Waals surface area (Å²) in [4.78, 5) is 15.6. The predicted molar refractivity (Wildman–Crippen MR) is 76.1 cm³/mol. The van der Waals surface area contributed by atoms with Crippen molar-refractivity contribution in [1.29, 1.82) is 0 Å². The van der Waals surface area contributed by atoms with E-state index in [9.17, 15) is 9.90 Å². The highest BCUT2D eigenvalue weighted by atomic mass is 16.7. The highest BCUT2D eigenvalue weighted by Crippen LogP contribution is 2.19. The summed E-state index contributed by atoms with van der Waals surface area (Å²) in [6, 6.07) is 18.2. The first-order valence-corrected chi connectivity index (χ1v) is 6.22. The van der Waals surface area contributed by atoms with E-state index in [-0.39, 0.29) is 0 Å². The molecule has 2 aromatic rings. The molecule has 20 heavy (non-hydrogen) atoms. The molecule has 0 aliphatic rings. The summed E-state index contributed by atoms with van der Waals surface area (Å²) in [5, 5.41) is 14.2. The minimum atomic E-state index is -0.960. The smallest absolute Gasteiger partial charge is 0.331 e. The Labute approximate surface area is 117 Å². The molecule has 1 N–H and O–H groups in total. The van der Waals surface area contributed by atoms with Crippen molar-refractivity contribution >= 4 is 11.7 Å². The van der Waals surface area contributed by atoms with Crippen LogP contribution in [0.5, 0.6) is 0 Å². The van der Waals surface area contributed by atoms with Crippen LogP contribution in [0.25, 0.3) is 0 Å². The molecule has 0 bridgehead atoms. The number of nitrogens with zero attached hydrogens (tertiary/aromatic N) is 1. The highest BCUT2D eigenvalue weighted by molar-refractivity contribution is 6.04. The minimum absolute atomic E-state index is 0.298. The summed E-state index contributed by atoms with van der Waals surface area (Å²) in [6.07, 6.45) is -0.960. The second-order valence-corrected chi connectivity index (χ2v) is 4.24. The van der Waals surface area contributed by atoms with Crippen LogP contribution in [-0.2, 0) is 9.63 Å². The minimum Gasteiger partial charge on any atom is -0.382 e. The van der Waals surface area contributed by atoms with E-state index >= 15 is 0 Å². The SMILES string of the molecule is CC(=O)ON=C(c1ccccc1)C(O)c1ccccc1. The van der Waals surface area contributed by atoms with Crippen LogP contribution in [0.4, 0.5) is 0 Å². The Hall–Kier alpha value is -2.46. The second-order valence-electron chi connectivity index (χ2n) is 4.24. The molecular weight excluding hydrogens is 254 g/mol. The fourth-order valence-electron chi connectivity index (χ4n) is 1.78. The topological polar surface area (TPSA) is 58.9 Å². The maximum atomic E-state index is 10.9. The third-order valence-electron chi connectivity index (χ3n) is 2.72. The van der Waals surface area contributed by atoms with E-state index in [1.165, 1.54) is 6.92 Å². The van der Waals surface area contributed by atoms with E-state index in [4.69, 9.17) is 4.84 Å². The van der Waals surface area contributed by atoms with E-state index in [1.807, 2.05) is 36.4 Å². The molecule has 4 heteroatoms. The number of aliphatic hydroxyl groups is 1. The zero-order chi connectivity index (χ0) is 14.4. The molecule has 0 heterocycles. The van der Waals surface area contributed by atoms with Crippen molar-refractivity contribution in [2.24, 2.45) is 5.16 Å². The zero-order valence-corrected chi connectivity index (χ0v) is 11.1. The van der Waals surface area contributed by atoms with Crippen molar-refractivity contribution in [3.05, 3.63) is 71.8 Å². The molecule has 102 valence electrons. The third-order valence-corrected chi connectivity index (χ3v) is 2.72. The Morgan fingerprint density at radius 3 is 2.15 bits per heavy atom. The lowest BCUT2D eigenvalue weighted by Crippen LogP contribution is -2.15. The summed E-state index contributed by atoms with van der Waals surface area (Å²) in [6.45, 7) is 1.26. The van der Waals surface area contributed by atoms with Gasteiger partial charge in [0.05, 0.1) is 0 Å². The van der Waals surface area contributed by atoms with Gasteiger partial charge in [0.15, 0.2) is 0 Å². The second kappa shape index (κ2) is 6.63. The van der Waals surface area contributed by atoms with Crippen LogP contribution in [0.3, 0.4) is 0 Å². The van der Waals surface area contributed by atoms with E-state index in [1.54, 1.807) is 24.3 Å². The summed E-state index contributed by atoms with van der Waals surface area (Å²) in [5.41, 5.74) is 1.68. The van der Waals surface area contributed by atoms with Gasteiger partial charge in [-0.15, -0.1) is 0 Å². The maximum Gasteiger partial charge on any atom is 0.331 e. The molecule has 1 unspecified atom stereocenters. The molecule has 4 nitrogen and oxygen atoms in total. The van der Waals surface area contributed by atoms with Gasteiger partial charge in [-0.3, -0.25) is 0 Å². The molecule has 0 aliphatic heterocycles. The van der Waals surface area contributed by atoms with Crippen LogP contribution in [-0.4, -0.2) is 16.8 Å². The van der Waals surface area contributed by atoms with Crippen LogP contribution in [0.15, 0.2) is 65.8 Å². The molecule has 0 spiro atoms. The van der Waals surface area contributed by atoms with Gasteiger partial charge in [0.2, 0.25) is 0 Å². The molecule has 2 rings (SSSR count). The lowest BCUT2D eigenvalue weighted by molar-refractivity contribution is -0.141. The Morgan fingerprint density at radius 2 is 1.60 bits per heavy atom. The van der Waals surface area contributed by atoms with Crippen LogP contribution in [0, 0.1) is 0 Å². The summed E-state index contributed by atoms with van der Waals surface area (Å²) in [7, 11) is 0. The van der Waals surface area contributed by atoms with Gasteiger partial charge in [-0.25, -0.2) is 4.79 Å². The number of oxime groups is 1. The number of benzene rings is 2. The van der Waals surface area contributed by atoms with Crippen molar-refractivity contribution < 1.29 is 14.7 Å². The number of hydrogen-bond donors (Lipinski definition) is 1. The van der Waals surface area contributed by atoms with E-state index in [0.29, 0.717) is 16.8 Å². The fourth-order valence-corrected chi connectivity index (χ4v) is 1.78. The Morgan fingerprint density at radius 1 is 1.05 bits per heavy atom. The Kier molecular flexibility index (Phi) is 4.63. The van der Waals surface area contributed by atoms with Crippen molar-refractivity contribution in [2.45, 2.75) is 13.0 Å². The number of carbonyl (C=O) groups is 1. The standard InChI is InChI=1S/C16H15NO3/c1-12(18)20-17-15(13-8-4-2-5-9-13)16(19)14-10-6-3-7-11-14/h2-11,16,19H,1H3. The largest absolute Gasteiger partial charge is 0.382 e. The van der Waals surface area contributed by atoms with Gasteiger partial charge in [0.1, 0.15) is 11.8 Å². The monoisotopic (exact) mass is 269 g/mol. The lowest BCUT2D eigenvalue weighted by Gasteiger charge is -2.13. The van der Waals surface area contributed by atoms with E-state index < -0.39 is 12.1 Å². The van der Waals surface area contributed by atoms with Crippen LogP contribution >= 0.6 is 0 Å². The maximum absolute atomic E-state index is 10.9. The van der Waals surface area contributed by atoms with Gasteiger partial charge in [0, 0.05) is 12.5 Å². The number of rotatable bonds is 4. The van der Waals surface area contributed by atoms with Gasteiger partial charge in [-0.2, -0.15) is 0 Å². The number of aliphatic hydroxyl groups excluding tert-OH is 1. The van der Waals surface area contributed by atoms with Crippen LogP contribution < -0.4 is 0 Å². The summed E-state index contributed by atoms with van der Waals surface area (Å²) in [5.74, 6) is -0.529. The quantitative estimate of drug-likeness (QED) is 0.527. The molecule has 0 aliphatic carbocycles. The highest BCUT2D eigenvalue weighted by Gasteiger charge is 2.18. The summed E-state index contributed by atoms with van der Waals surface area (Å²) >= 11 is 0. The number of carbonyl (C=O) groups excluding carboxylic acids is 1. The normalized spacial score (nSPS) is 12.8. The van der Waals surface area contributed by atoms with E-state index in [2.05, 4.69) is 5.16 Å². The summed E-state index contributed by atoms with van der Waals surface area (Å²) < 4.78 is 0. The molecular formula is C16H15NO3. The van der Waals surface area contributed by atoms with Gasteiger partial charge >= 0.3 is 5.97 Å². The van der Waals surface area contributed by atoms with Crippen molar-refractivity contribution in [1.82, 2.24) is 0 Å². The molecule has 0 radical (unpaired) electrons. The molecule has 0 fully saturated rings. The zero-order valence-electron chi connectivity index (χ0n) is 11.1.